The molecule has 0 aliphatic heterocycles. The van der Waals surface area contributed by atoms with Gasteiger partial charge in [0.2, 0.25) is 5.91 Å². The Labute approximate surface area is 85.9 Å². The molecule has 0 aromatic carbocycles. The Bertz CT molecular complexity index is 160. The van der Waals surface area contributed by atoms with Crippen molar-refractivity contribution >= 4 is 5.91 Å². The zero-order chi connectivity index (χ0) is 11.0. The van der Waals surface area contributed by atoms with Gasteiger partial charge in [0.1, 0.15) is 0 Å². The highest BCUT2D eigenvalue weighted by molar-refractivity contribution is 5.75. The lowest BCUT2D eigenvalue weighted by atomic mass is 10.1. The first-order valence-corrected chi connectivity index (χ1v) is 5.19. The zero-order valence-electron chi connectivity index (χ0n) is 9.12. The van der Waals surface area contributed by atoms with E-state index >= 15 is 0 Å². The second kappa shape index (κ2) is 7.76. The van der Waals surface area contributed by atoms with Gasteiger partial charge in [0.25, 0.3) is 0 Å². The Balaban J connectivity index is 3.43. The van der Waals surface area contributed by atoms with Crippen molar-refractivity contribution in [1.82, 2.24) is 5.32 Å². The molecule has 4 heteroatoms. The van der Waals surface area contributed by atoms with Gasteiger partial charge in [0.15, 0.2) is 0 Å². The van der Waals surface area contributed by atoms with E-state index in [1.54, 1.807) is 0 Å². The van der Waals surface area contributed by atoms with Gasteiger partial charge in [-0.3, -0.25) is 4.79 Å². The first-order valence-electron chi connectivity index (χ1n) is 5.19. The summed E-state index contributed by atoms with van der Waals surface area (Å²) in [5.41, 5.74) is 5.53. The molecule has 0 spiro atoms. The van der Waals surface area contributed by atoms with Crippen LogP contribution < -0.4 is 11.1 Å². The molecule has 4 nitrogen and oxygen atoms in total. The number of carbonyl (C=O) groups excluding carboxylic acids is 1. The number of aliphatic hydroxyl groups is 1. The van der Waals surface area contributed by atoms with Gasteiger partial charge in [-0.1, -0.05) is 6.92 Å². The van der Waals surface area contributed by atoms with Crippen molar-refractivity contribution in [3.8, 4) is 0 Å². The number of hydrogen-bond donors (Lipinski definition) is 3. The van der Waals surface area contributed by atoms with Gasteiger partial charge in [0, 0.05) is 25.6 Å². The van der Waals surface area contributed by atoms with Crippen LogP contribution in [0.25, 0.3) is 0 Å². The smallest absolute Gasteiger partial charge is 0.220 e. The predicted molar refractivity (Wildman–Crippen MR) is 56.8 cm³/mol. The Kier molecular flexibility index (Phi) is 7.42. The molecule has 84 valence electrons. The van der Waals surface area contributed by atoms with Crippen LogP contribution in [0.3, 0.4) is 0 Å². The second-order valence-corrected chi connectivity index (χ2v) is 3.94. The van der Waals surface area contributed by atoms with Gasteiger partial charge >= 0.3 is 0 Å². The molecule has 0 aliphatic carbocycles. The average molecular weight is 202 g/mol. The lowest BCUT2D eigenvalue weighted by Crippen LogP contribution is -2.29. The SMILES string of the molecule is CC(N)CCC(=O)NCC(C)CCO. The molecule has 0 aromatic rings. The number of aliphatic hydroxyl groups excluding tert-OH is 1. The largest absolute Gasteiger partial charge is 0.396 e. The molecular weight excluding hydrogens is 180 g/mol. The normalized spacial score (nSPS) is 14.9. The summed E-state index contributed by atoms with van der Waals surface area (Å²) in [5, 5.41) is 11.5. The van der Waals surface area contributed by atoms with Gasteiger partial charge in [-0.05, 0) is 25.7 Å². The first-order chi connectivity index (χ1) is 6.56. The molecule has 2 atom stereocenters. The van der Waals surface area contributed by atoms with Crippen LogP contribution in [0, 0.1) is 5.92 Å². The van der Waals surface area contributed by atoms with Crippen LogP contribution in [-0.4, -0.2) is 30.2 Å². The van der Waals surface area contributed by atoms with E-state index in [4.69, 9.17) is 10.8 Å². The third-order valence-electron chi connectivity index (χ3n) is 2.10. The maximum absolute atomic E-state index is 11.2. The molecule has 0 saturated carbocycles. The fourth-order valence-corrected chi connectivity index (χ4v) is 1.06. The fourth-order valence-electron chi connectivity index (χ4n) is 1.06. The summed E-state index contributed by atoms with van der Waals surface area (Å²) in [4.78, 5) is 11.2. The molecule has 0 heterocycles. The highest BCUT2D eigenvalue weighted by Crippen LogP contribution is 1.99. The molecule has 0 bridgehead atoms. The van der Waals surface area contributed by atoms with E-state index in [2.05, 4.69) is 5.32 Å². The number of rotatable bonds is 7. The van der Waals surface area contributed by atoms with Crippen LogP contribution >= 0.6 is 0 Å². The lowest BCUT2D eigenvalue weighted by Gasteiger charge is -2.11. The predicted octanol–water partition coefficient (Wildman–Crippen LogP) is 0.249. The minimum atomic E-state index is 0.0482. The maximum atomic E-state index is 11.2. The molecule has 0 aliphatic rings. The molecular formula is C10H22N2O2. The van der Waals surface area contributed by atoms with E-state index in [1.807, 2.05) is 13.8 Å². The van der Waals surface area contributed by atoms with E-state index < -0.39 is 0 Å². The monoisotopic (exact) mass is 202 g/mol. The summed E-state index contributed by atoms with van der Waals surface area (Å²) in [7, 11) is 0. The van der Waals surface area contributed by atoms with Crippen molar-refractivity contribution < 1.29 is 9.90 Å². The highest BCUT2D eigenvalue weighted by atomic mass is 16.3. The van der Waals surface area contributed by atoms with Crippen LogP contribution in [0.5, 0.6) is 0 Å². The molecule has 4 N–H and O–H groups in total. The summed E-state index contributed by atoms with van der Waals surface area (Å²) in [6.07, 6.45) is 1.94. The fraction of sp³-hybridized carbons (Fsp3) is 0.900. The van der Waals surface area contributed by atoms with Crippen molar-refractivity contribution in [1.29, 1.82) is 0 Å². The van der Waals surface area contributed by atoms with Gasteiger partial charge in [-0.15, -0.1) is 0 Å². The summed E-state index contributed by atoms with van der Waals surface area (Å²) < 4.78 is 0. The van der Waals surface area contributed by atoms with E-state index in [9.17, 15) is 4.79 Å². The third-order valence-corrected chi connectivity index (χ3v) is 2.10. The van der Waals surface area contributed by atoms with E-state index in [0.717, 1.165) is 12.8 Å². The van der Waals surface area contributed by atoms with Crippen molar-refractivity contribution in [3.63, 3.8) is 0 Å². The number of nitrogens with two attached hydrogens (primary N) is 1. The van der Waals surface area contributed by atoms with Gasteiger partial charge in [-0.2, -0.15) is 0 Å². The van der Waals surface area contributed by atoms with Gasteiger partial charge < -0.3 is 16.2 Å². The van der Waals surface area contributed by atoms with E-state index in [1.165, 1.54) is 0 Å². The van der Waals surface area contributed by atoms with Crippen LogP contribution in [0.2, 0.25) is 0 Å². The van der Waals surface area contributed by atoms with Crippen molar-refractivity contribution in [2.45, 2.75) is 39.2 Å². The third kappa shape index (κ3) is 8.01. The maximum Gasteiger partial charge on any atom is 0.220 e. The van der Waals surface area contributed by atoms with Crippen molar-refractivity contribution in [2.75, 3.05) is 13.2 Å². The molecule has 0 radical (unpaired) electrons. The topological polar surface area (TPSA) is 75.4 Å². The standard InChI is InChI=1S/C10H22N2O2/c1-8(5-6-13)7-12-10(14)4-3-9(2)11/h8-9,13H,3-7,11H2,1-2H3,(H,12,14). The molecule has 14 heavy (non-hydrogen) atoms. The Morgan fingerprint density at radius 3 is 2.57 bits per heavy atom. The summed E-state index contributed by atoms with van der Waals surface area (Å²) in [6.45, 7) is 4.71. The Morgan fingerprint density at radius 2 is 2.07 bits per heavy atom. The number of amides is 1. The summed E-state index contributed by atoms with van der Waals surface area (Å²) in [5.74, 6) is 0.381. The molecule has 0 aromatic heterocycles. The lowest BCUT2D eigenvalue weighted by molar-refractivity contribution is -0.121. The Morgan fingerprint density at radius 1 is 1.43 bits per heavy atom. The minimum absolute atomic E-state index is 0.0482. The van der Waals surface area contributed by atoms with E-state index in [0.29, 0.717) is 18.9 Å². The second-order valence-electron chi connectivity index (χ2n) is 3.94. The van der Waals surface area contributed by atoms with Crippen LogP contribution in [0.15, 0.2) is 0 Å². The highest BCUT2D eigenvalue weighted by Gasteiger charge is 2.05. The number of hydrogen-bond acceptors (Lipinski definition) is 3. The molecule has 0 saturated heterocycles. The average Bonchev–Trinajstić information content (AvgIpc) is 2.12. The van der Waals surface area contributed by atoms with Crippen LogP contribution in [0.4, 0.5) is 0 Å². The van der Waals surface area contributed by atoms with Gasteiger partial charge in [0.05, 0.1) is 0 Å². The minimum Gasteiger partial charge on any atom is -0.396 e. The zero-order valence-corrected chi connectivity index (χ0v) is 9.12. The summed E-state index contributed by atoms with van der Waals surface area (Å²) >= 11 is 0. The van der Waals surface area contributed by atoms with Crippen molar-refractivity contribution in [3.05, 3.63) is 0 Å². The van der Waals surface area contributed by atoms with Crippen molar-refractivity contribution in [2.24, 2.45) is 11.7 Å². The van der Waals surface area contributed by atoms with E-state index in [-0.39, 0.29) is 18.6 Å². The molecule has 0 fully saturated rings. The molecule has 2 unspecified atom stereocenters. The Hall–Kier alpha value is -0.610. The molecule has 0 rings (SSSR count). The van der Waals surface area contributed by atoms with Gasteiger partial charge in [-0.25, -0.2) is 0 Å². The van der Waals surface area contributed by atoms with Crippen LogP contribution in [0.1, 0.15) is 33.1 Å². The quantitative estimate of drug-likeness (QED) is 0.554. The number of nitrogens with one attached hydrogen (secondary N) is 1. The van der Waals surface area contributed by atoms with Crippen LogP contribution in [-0.2, 0) is 4.79 Å². The first kappa shape index (κ1) is 13.4. The summed E-state index contributed by atoms with van der Waals surface area (Å²) in [6, 6.07) is 0.0793. The number of carbonyl (C=O) groups is 1. The molecule has 1 amide bonds.